The first-order valence-corrected chi connectivity index (χ1v) is 11.7. The Morgan fingerprint density at radius 2 is 1.94 bits per heavy atom. The Labute approximate surface area is 201 Å². The molecule has 0 radical (unpaired) electrons. The summed E-state index contributed by atoms with van der Waals surface area (Å²) in [5.74, 6) is 0.00844. The lowest BCUT2D eigenvalue weighted by molar-refractivity contribution is -0.137. The normalized spacial score (nSPS) is 18.1. The van der Waals surface area contributed by atoms with Gasteiger partial charge in [0.15, 0.2) is 0 Å². The van der Waals surface area contributed by atoms with Crippen LogP contribution in [-0.4, -0.2) is 46.5 Å². The van der Waals surface area contributed by atoms with E-state index in [4.69, 9.17) is 0 Å². The van der Waals surface area contributed by atoms with Gasteiger partial charge in [-0.2, -0.15) is 13.2 Å². The van der Waals surface area contributed by atoms with Crippen LogP contribution < -0.4 is 10.6 Å². The second kappa shape index (κ2) is 9.22. The van der Waals surface area contributed by atoms with Crippen LogP contribution >= 0.6 is 0 Å². The summed E-state index contributed by atoms with van der Waals surface area (Å²) in [6, 6.07) is 9.55. The predicted molar refractivity (Wildman–Crippen MR) is 131 cm³/mol. The molecule has 3 heterocycles. The molecule has 1 aromatic heterocycles. The molecule has 1 saturated heterocycles. The zero-order valence-electron chi connectivity index (χ0n) is 19.2. The number of nitrogens with one attached hydrogen (secondary N) is 3. The number of carbonyl (C=O) groups is 1. The van der Waals surface area contributed by atoms with E-state index < -0.39 is 11.7 Å². The molecule has 1 fully saturated rings. The highest BCUT2D eigenvalue weighted by atomic mass is 19.4. The van der Waals surface area contributed by atoms with Crippen LogP contribution in [0.4, 0.5) is 24.5 Å². The van der Waals surface area contributed by atoms with Crippen LogP contribution in [0, 0.1) is 0 Å². The molecule has 3 N–H and O–H groups in total. The summed E-state index contributed by atoms with van der Waals surface area (Å²) in [5, 5.41) is 6.44. The van der Waals surface area contributed by atoms with Crippen molar-refractivity contribution in [3.63, 3.8) is 0 Å². The van der Waals surface area contributed by atoms with Crippen molar-refractivity contribution in [1.82, 2.24) is 14.9 Å². The summed E-state index contributed by atoms with van der Waals surface area (Å²) in [7, 11) is 0. The molecule has 2 aromatic carbocycles. The summed E-state index contributed by atoms with van der Waals surface area (Å²) in [5.41, 5.74) is 2.68. The van der Waals surface area contributed by atoms with Crippen molar-refractivity contribution in [2.45, 2.75) is 32.0 Å². The second-order valence-corrected chi connectivity index (χ2v) is 8.86. The van der Waals surface area contributed by atoms with Gasteiger partial charge in [-0.15, -0.1) is 0 Å². The lowest BCUT2D eigenvalue weighted by Gasteiger charge is -2.32. The van der Waals surface area contributed by atoms with Gasteiger partial charge in [-0.3, -0.25) is 4.79 Å². The molecule has 2 aliphatic rings. The number of imidazole rings is 1. The molecule has 2 aliphatic heterocycles. The zero-order valence-corrected chi connectivity index (χ0v) is 19.2. The molecule has 0 unspecified atom stereocenters. The highest BCUT2D eigenvalue weighted by molar-refractivity contribution is 6.35. The predicted octanol–water partition coefficient (Wildman–Crippen LogP) is 5.48. The average Bonchev–Trinajstić information content (AvgIpc) is 3.48. The fourth-order valence-electron chi connectivity index (χ4n) is 4.68. The first kappa shape index (κ1) is 23.2. The van der Waals surface area contributed by atoms with Crippen LogP contribution in [0.3, 0.4) is 0 Å². The van der Waals surface area contributed by atoms with Gasteiger partial charge in [0.1, 0.15) is 5.82 Å². The van der Waals surface area contributed by atoms with Gasteiger partial charge in [-0.05, 0) is 61.4 Å². The quantitative estimate of drug-likeness (QED) is 0.422. The Morgan fingerprint density at radius 1 is 1.14 bits per heavy atom. The Kier molecular flexibility index (Phi) is 6.10. The van der Waals surface area contributed by atoms with Crippen LogP contribution in [0.1, 0.15) is 36.5 Å². The molecule has 0 spiro atoms. The summed E-state index contributed by atoms with van der Waals surface area (Å²) in [6.45, 7) is 5.32. The topological polar surface area (TPSA) is 73.0 Å². The van der Waals surface area contributed by atoms with E-state index in [2.05, 4.69) is 32.4 Å². The average molecular weight is 482 g/mol. The molecule has 182 valence electrons. The van der Waals surface area contributed by atoms with Gasteiger partial charge in [0.25, 0.3) is 5.91 Å². The van der Waals surface area contributed by atoms with E-state index in [1.807, 2.05) is 18.2 Å². The summed E-state index contributed by atoms with van der Waals surface area (Å²) >= 11 is 0. The van der Waals surface area contributed by atoms with Gasteiger partial charge < -0.3 is 20.5 Å². The molecular formula is C26H26F3N5O. The van der Waals surface area contributed by atoms with Crippen molar-refractivity contribution in [2.24, 2.45) is 0 Å². The molecular weight excluding hydrogens is 455 g/mol. The Morgan fingerprint density at radius 3 is 2.63 bits per heavy atom. The third-order valence-corrected chi connectivity index (χ3v) is 6.64. The smallest absolute Gasteiger partial charge is 0.382 e. The van der Waals surface area contributed by atoms with Crippen LogP contribution in [0.25, 0.3) is 23.0 Å². The van der Waals surface area contributed by atoms with Crippen molar-refractivity contribution >= 4 is 28.9 Å². The number of hydrogen-bond acceptors (Lipinski definition) is 4. The number of hydrogen-bond donors (Lipinski definition) is 3. The molecule has 0 atom stereocenters. The highest BCUT2D eigenvalue weighted by Gasteiger charge is 2.32. The van der Waals surface area contributed by atoms with Gasteiger partial charge >= 0.3 is 6.18 Å². The molecule has 9 heteroatoms. The molecule has 0 aliphatic carbocycles. The van der Waals surface area contributed by atoms with Gasteiger partial charge in [-0.1, -0.05) is 13.0 Å². The van der Waals surface area contributed by atoms with E-state index in [0.29, 0.717) is 28.7 Å². The maximum Gasteiger partial charge on any atom is 0.416 e. The van der Waals surface area contributed by atoms with Crippen molar-refractivity contribution in [3.05, 3.63) is 65.5 Å². The van der Waals surface area contributed by atoms with Crippen molar-refractivity contribution in [3.8, 4) is 11.4 Å². The molecule has 0 saturated carbocycles. The molecule has 35 heavy (non-hydrogen) atoms. The Balaban J connectivity index is 1.48. The monoisotopic (exact) mass is 481 g/mol. The summed E-state index contributed by atoms with van der Waals surface area (Å²) in [6.07, 6.45) is 2.26. The maximum absolute atomic E-state index is 13.4. The third kappa shape index (κ3) is 4.81. The second-order valence-electron chi connectivity index (χ2n) is 8.86. The SMILES string of the molecule is CCN1CCC(Nc2ccc3c(c2)/C(=C/c2ccc(C(F)(F)F)cc2-c2ncc[nH]2)C(=O)N3)CC1. The van der Waals surface area contributed by atoms with E-state index in [9.17, 15) is 18.0 Å². The highest BCUT2D eigenvalue weighted by Crippen LogP contribution is 2.38. The molecule has 5 rings (SSSR count). The van der Waals surface area contributed by atoms with Crippen molar-refractivity contribution in [1.29, 1.82) is 0 Å². The number of H-pyrrole nitrogens is 1. The number of alkyl halides is 3. The lowest BCUT2D eigenvalue weighted by atomic mass is 9.97. The van der Waals surface area contributed by atoms with Crippen LogP contribution in [0.2, 0.25) is 0 Å². The first-order chi connectivity index (χ1) is 16.8. The fraction of sp³-hybridized carbons (Fsp3) is 0.308. The van der Waals surface area contributed by atoms with E-state index in [0.717, 1.165) is 55.9 Å². The first-order valence-electron chi connectivity index (χ1n) is 11.7. The maximum atomic E-state index is 13.4. The van der Waals surface area contributed by atoms with Gasteiger partial charge in [0.2, 0.25) is 0 Å². The Hall–Kier alpha value is -3.59. The number of likely N-dealkylation sites (tertiary alicyclic amines) is 1. The van der Waals surface area contributed by atoms with E-state index in [1.165, 1.54) is 12.3 Å². The fourth-order valence-corrected chi connectivity index (χ4v) is 4.68. The molecule has 6 nitrogen and oxygen atoms in total. The number of nitrogens with zero attached hydrogens (tertiary/aromatic N) is 2. The molecule has 3 aromatic rings. The minimum atomic E-state index is -4.49. The zero-order chi connectivity index (χ0) is 24.6. The third-order valence-electron chi connectivity index (χ3n) is 6.64. The van der Waals surface area contributed by atoms with E-state index in [-0.39, 0.29) is 11.5 Å². The van der Waals surface area contributed by atoms with Crippen LogP contribution in [0.15, 0.2) is 48.8 Å². The van der Waals surface area contributed by atoms with Crippen LogP contribution in [-0.2, 0) is 11.0 Å². The summed E-state index contributed by atoms with van der Waals surface area (Å²) in [4.78, 5) is 22.2. The Bertz CT molecular complexity index is 1260. The number of benzene rings is 2. The van der Waals surface area contributed by atoms with Gasteiger partial charge in [0.05, 0.1) is 5.56 Å². The van der Waals surface area contributed by atoms with Crippen molar-refractivity contribution < 1.29 is 18.0 Å². The number of anilines is 2. The standard InChI is InChI=1S/C26H26F3N5O/c1-2-34-11-7-18(8-12-34)32-19-5-6-23-21(15-19)22(25(35)33-23)13-16-3-4-17(26(27,28)29)14-20(16)24-30-9-10-31-24/h3-6,9-10,13-15,18,32H,2,7-8,11-12H2,1H3,(H,30,31)(H,33,35)/b22-13-. The number of aromatic nitrogens is 2. The van der Waals surface area contributed by atoms with Gasteiger partial charge in [-0.25, -0.2) is 4.98 Å². The molecule has 1 amide bonds. The van der Waals surface area contributed by atoms with Crippen LogP contribution in [0.5, 0.6) is 0 Å². The minimum absolute atomic E-state index is 0.274. The number of halogens is 3. The largest absolute Gasteiger partial charge is 0.416 e. The number of fused-ring (bicyclic) bond motifs is 1. The van der Waals surface area contributed by atoms with E-state index >= 15 is 0 Å². The van der Waals surface area contributed by atoms with E-state index in [1.54, 1.807) is 12.3 Å². The minimum Gasteiger partial charge on any atom is -0.382 e. The number of rotatable bonds is 5. The number of amides is 1. The number of aromatic amines is 1. The number of piperidine rings is 1. The number of carbonyl (C=O) groups excluding carboxylic acids is 1. The van der Waals surface area contributed by atoms with Gasteiger partial charge in [0, 0.05) is 59.6 Å². The van der Waals surface area contributed by atoms with Crippen molar-refractivity contribution in [2.75, 3.05) is 30.3 Å². The molecule has 0 bridgehead atoms. The summed E-state index contributed by atoms with van der Waals surface area (Å²) < 4.78 is 40.1. The lowest BCUT2D eigenvalue weighted by Crippen LogP contribution is -2.38.